The highest BCUT2D eigenvalue weighted by atomic mass is 127. The summed E-state index contributed by atoms with van der Waals surface area (Å²) in [6, 6.07) is 17.3. The second-order valence-corrected chi connectivity index (χ2v) is 6.36. The predicted octanol–water partition coefficient (Wildman–Crippen LogP) is 3.85. The van der Waals surface area contributed by atoms with Crippen LogP contribution in [-0.4, -0.2) is 38.8 Å². The Labute approximate surface area is 181 Å². The quantitative estimate of drug-likeness (QED) is 0.358. The number of halogens is 3. The highest BCUT2D eigenvalue weighted by Crippen LogP contribution is 2.19. The molecule has 1 heterocycles. The summed E-state index contributed by atoms with van der Waals surface area (Å²) in [6.07, 6.45) is 1.02. The van der Waals surface area contributed by atoms with Gasteiger partial charge in [-0.25, -0.2) is 0 Å². The van der Waals surface area contributed by atoms with Crippen molar-refractivity contribution in [3.8, 4) is 5.75 Å². The molecule has 0 saturated carbocycles. The Morgan fingerprint density at radius 2 is 2.00 bits per heavy atom. The third-order valence-corrected chi connectivity index (χ3v) is 4.46. The first-order valence-corrected chi connectivity index (χ1v) is 8.95. The second kappa shape index (κ2) is 11.0. The first kappa shape index (κ1) is 22.2. The minimum atomic E-state index is -2.82. The molecule has 1 atom stereocenters. The normalized spacial score (nSPS) is 16.6. The van der Waals surface area contributed by atoms with Crippen LogP contribution in [0.3, 0.4) is 0 Å². The van der Waals surface area contributed by atoms with E-state index in [1.807, 2.05) is 24.3 Å². The van der Waals surface area contributed by atoms with Crippen molar-refractivity contribution in [3.63, 3.8) is 0 Å². The molecule has 0 aromatic heterocycles. The van der Waals surface area contributed by atoms with Crippen LogP contribution in [0.4, 0.5) is 14.5 Å². The van der Waals surface area contributed by atoms with E-state index in [-0.39, 0.29) is 29.7 Å². The van der Waals surface area contributed by atoms with Crippen molar-refractivity contribution in [3.05, 3.63) is 60.2 Å². The van der Waals surface area contributed by atoms with Gasteiger partial charge in [0.1, 0.15) is 5.75 Å². The standard InChI is InChI=1S/C20H24F2N4O.HI/c1-23-20(24-13-15-6-5-9-18(12-15)27-19(21)22)25-16-10-11-26(14-16)17-7-3-2-4-8-17;/h2-9,12,16,19H,10-11,13-14H2,1H3,(H2,23,24,25);1H. The fraction of sp³-hybridized carbons (Fsp3) is 0.350. The van der Waals surface area contributed by atoms with Crippen LogP contribution in [0.15, 0.2) is 59.6 Å². The van der Waals surface area contributed by atoms with Gasteiger partial charge in [0, 0.05) is 38.4 Å². The number of ether oxygens (including phenoxy) is 1. The molecule has 0 amide bonds. The van der Waals surface area contributed by atoms with Gasteiger partial charge in [-0.15, -0.1) is 24.0 Å². The fourth-order valence-electron chi connectivity index (χ4n) is 3.16. The number of rotatable bonds is 6. The molecule has 5 nitrogen and oxygen atoms in total. The number of hydrogen-bond acceptors (Lipinski definition) is 3. The lowest BCUT2D eigenvalue weighted by atomic mass is 10.2. The van der Waals surface area contributed by atoms with Crippen molar-refractivity contribution in [1.29, 1.82) is 0 Å². The molecule has 152 valence electrons. The Bertz CT molecular complexity index is 761. The van der Waals surface area contributed by atoms with Gasteiger partial charge in [0.05, 0.1) is 0 Å². The minimum absolute atomic E-state index is 0. The van der Waals surface area contributed by atoms with Crippen LogP contribution in [-0.2, 0) is 6.54 Å². The van der Waals surface area contributed by atoms with Gasteiger partial charge in [-0.05, 0) is 36.2 Å². The van der Waals surface area contributed by atoms with Crippen molar-refractivity contribution < 1.29 is 13.5 Å². The van der Waals surface area contributed by atoms with Crippen LogP contribution in [0.1, 0.15) is 12.0 Å². The molecule has 1 unspecified atom stereocenters. The summed E-state index contributed by atoms with van der Waals surface area (Å²) in [5, 5.41) is 6.65. The minimum Gasteiger partial charge on any atom is -0.435 e. The zero-order chi connectivity index (χ0) is 19.1. The predicted molar refractivity (Wildman–Crippen MR) is 119 cm³/mol. The number of para-hydroxylation sites is 1. The van der Waals surface area contributed by atoms with E-state index in [4.69, 9.17) is 0 Å². The summed E-state index contributed by atoms with van der Waals surface area (Å²) in [5.74, 6) is 0.844. The average Bonchev–Trinajstić information content (AvgIpc) is 3.14. The lowest BCUT2D eigenvalue weighted by Crippen LogP contribution is -2.44. The number of anilines is 1. The van der Waals surface area contributed by atoms with E-state index in [0.717, 1.165) is 25.1 Å². The third-order valence-electron chi connectivity index (χ3n) is 4.46. The molecule has 2 aromatic carbocycles. The first-order valence-electron chi connectivity index (χ1n) is 8.95. The molecule has 0 aliphatic carbocycles. The number of aliphatic imine (C=N–C) groups is 1. The summed E-state index contributed by atoms with van der Waals surface area (Å²) >= 11 is 0. The van der Waals surface area contributed by atoms with Crippen molar-refractivity contribution in [2.75, 3.05) is 25.0 Å². The highest BCUT2D eigenvalue weighted by molar-refractivity contribution is 14.0. The van der Waals surface area contributed by atoms with Gasteiger partial charge in [-0.2, -0.15) is 8.78 Å². The molecule has 0 bridgehead atoms. The number of benzene rings is 2. The number of nitrogens with zero attached hydrogens (tertiary/aromatic N) is 2. The number of guanidine groups is 1. The van der Waals surface area contributed by atoms with Crippen molar-refractivity contribution in [2.24, 2.45) is 4.99 Å². The average molecular weight is 502 g/mol. The zero-order valence-electron chi connectivity index (χ0n) is 15.6. The van der Waals surface area contributed by atoms with Crippen LogP contribution in [0.2, 0.25) is 0 Å². The Kier molecular flexibility index (Phi) is 8.75. The summed E-state index contributed by atoms with van der Waals surface area (Å²) in [4.78, 5) is 6.60. The van der Waals surface area contributed by atoms with E-state index in [1.54, 1.807) is 19.2 Å². The fourth-order valence-corrected chi connectivity index (χ4v) is 3.16. The van der Waals surface area contributed by atoms with Gasteiger partial charge in [0.15, 0.2) is 5.96 Å². The zero-order valence-corrected chi connectivity index (χ0v) is 18.0. The molecule has 0 spiro atoms. The maximum absolute atomic E-state index is 12.3. The number of hydrogen-bond donors (Lipinski definition) is 2. The van der Waals surface area contributed by atoms with E-state index >= 15 is 0 Å². The van der Waals surface area contributed by atoms with Crippen molar-refractivity contribution in [2.45, 2.75) is 25.6 Å². The molecular weight excluding hydrogens is 477 g/mol. The molecule has 1 aliphatic heterocycles. The SMILES string of the molecule is CN=C(NCc1cccc(OC(F)F)c1)NC1CCN(c2ccccc2)C1.I. The maximum Gasteiger partial charge on any atom is 0.387 e. The summed E-state index contributed by atoms with van der Waals surface area (Å²) < 4.78 is 29.1. The highest BCUT2D eigenvalue weighted by Gasteiger charge is 2.23. The van der Waals surface area contributed by atoms with Crippen LogP contribution in [0.25, 0.3) is 0 Å². The van der Waals surface area contributed by atoms with E-state index in [1.165, 1.54) is 11.8 Å². The van der Waals surface area contributed by atoms with Crippen LogP contribution in [0.5, 0.6) is 5.75 Å². The Morgan fingerprint density at radius 1 is 1.21 bits per heavy atom. The van der Waals surface area contributed by atoms with E-state index < -0.39 is 6.61 Å². The van der Waals surface area contributed by atoms with Crippen LogP contribution < -0.4 is 20.3 Å². The first-order chi connectivity index (χ1) is 13.1. The smallest absolute Gasteiger partial charge is 0.387 e. The number of alkyl halides is 2. The Hall–Kier alpha value is -2.10. The lowest BCUT2D eigenvalue weighted by molar-refractivity contribution is -0.0498. The number of nitrogens with one attached hydrogen (secondary N) is 2. The van der Waals surface area contributed by atoms with Crippen LogP contribution >= 0.6 is 24.0 Å². The van der Waals surface area contributed by atoms with E-state index in [9.17, 15) is 8.78 Å². The molecule has 0 radical (unpaired) electrons. The molecule has 8 heteroatoms. The van der Waals surface area contributed by atoms with Gasteiger partial charge < -0.3 is 20.3 Å². The molecule has 3 rings (SSSR count). The van der Waals surface area contributed by atoms with Gasteiger partial charge in [0.25, 0.3) is 0 Å². The molecule has 28 heavy (non-hydrogen) atoms. The van der Waals surface area contributed by atoms with Crippen molar-refractivity contribution >= 4 is 35.6 Å². The Morgan fingerprint density at radius 3 is 2.71 bits per heavy atom. The molecule has 1 fully saturated rings. The summed E-state index contributed by atoms with van der Waals surface area (Å²) in [6.45, 7) is -0.457. The maximum atomic E-state index is 12.3. The summed E-state index contributed by atoms with van der Waals surface area (Å²) in [7, 11) is 1.72. The molecule has 1 saturated heterocycles. The molecule has 2 aromatic rings. The lowest BCUT2D eigenvalue weighted by Gasteiger charge is -2.20. The molecule has 2 N–H and O–H groups in total. The second-order valence-electron chi connectivity index (χ2n) is 6.36. The van der Waals surface area contributed by atoms with Crippen molar-refractivity contribution in [1.82, 2.24) is 10.6 Å². The monoisotopic (exact) mass is 502 g/mol. The topological polar surface area (TPSA) is 48.9 Å². The molecule has 1 aliphatic rings. The van der Waals surface area contributed by atoms with Crippen LogP contribution in [0, 0.1) is 0 Å². The third kappa shape index (κ3) is 6.50. The van der Waals surface area contributed by atoms with E-state index in [0.29, 0.717) is 18.5 Å². The van der Waals surface area contributed by atoms with E-state index in [2.05, 4.69) is 37.4 Å². The summed E-state index contributed by atoms with van der Waals surface area (Å²) in [5.41, 5.74) is 2.06. The van der Waals surface area contributed by atoms with Gasteiger partial charge in [-0.1, -0.05) is 30.3 Å². The Balaban J connectivity index is 0.00000280. The van der Waals surface area contributed by atoms with Gasteiger partial charge in [-0.3, -0.25) is 4.99 Å². The van der Waals surface area contributed by atoms with Gasteiger partial charge in [0.2, 0.25) is 0 Å². The molecular formula is C20H25F2IN4O. The largest absolute Gasteiger partial charge is 0.435 e. The van der Waals surface area contributed by atoms with Gasteiger partial charge >= 0.3 is 6.61 Å².